The molecule has 8 rings (SSSR count). The second kappa shape index (κ2) is 10.2. The summed E-state index contributed by atoms with van der Waals surface area (Å²) in [7, 11) is 0. The van der Waals surface area contributed by atoms with Gasteiger partial charge in [-0.3, -0.25) is 28.8 Å². The third kappa shape index (κ3) is 3.98. The van der Waals surface area contributed by atoms with Crippen LogP contribution in [0.5, 0.6) is 5.75 Å². The molecule has 2 N–H and O–H groups in total. The zero-order chi connectivity index (χ0) is 34.2. The molecule has 1 aromatic carbocycles. The van der Waals surface area contributed by atoms with E-state index in [1.807, 2.05) is 0 Å². The molecule has 0 saturated heterocycles. The molecule has 47 heavy (non-hydrogen) atoms. The summed E-state index contributed by atoms with van der Waals surface area (Å²) in [6.07, 6.45) is 5.07. The van der Waals surface area contributed by atoms with Gasteiger partial charge < -0.3 is 14.9 Å². The first kappa shape index (κ1) is 32.4. The van der Waals surface area contributed by atoms with Gasteiger partial charge in [0, 0.05) is 11.3 Å². The molecule has 6 saturated carbocycles. The molecule has 0 amide bonds. The largest absolute Gasteiger partial charge is 0.507 e. The molecular formula is C38H46O9. The highest BCUT2D eigenvalue weighted by molar-refractivity contribution is 6.33. The molecule has 0 aliphatic heterocycles. The Labute approximate surface area is 275 Å². The Hall–Kier alpha value is -3.20. The lowest BCUT2D eigenvalue weighted by Crippen LogP contribution is -2.82. The molecule has 0 spiro atoms. The fraction of sp³-hybridized carbons (Fsp3) is 0.684. The van der Waals surface area contributed by atoms with Gasteiger partial charge in [0.2, 0.25) is 0 Å². The summed E-state index contributed by atoms with van der Waals surface area (Å²) >= 11 is 0. The molecule has 0 aromatic heterocycles. The van der Waals surface area contributed by atoms with Crippen molar-refractivity contribution >= 4 is 34.9 Å². The van der Waals surface area contributed by atoms with E-state index in [9.17, 15) is 39.0 Å². The van der Waals surface area contributed by atoms with Crippen LogP contribution >= 0.6 is 0 Å². The first-order valence-electron chi connectivity index (χ1n) is 17.3. The van der Waals surface area contributed by atoms with Crippen LogP contribution in [0.15, 0.2) is 18.2 Å². The van der Waals surface area contributed by atoms with Gasteiger partial charge in [-0.25, -0.2) is 0 Å². The smallest absolute Gasteiger partial charge is 0.306 e. The summed E-state index contributed by atoms with van der Waals surface area (Å²) in [6.45, 7) is 9.43. The average Bonchev–Trinajstić information content (AvgIpc) is 2.95. The number of carbonyl (C=O) groups excluding carboxylic acids is 6. The molecule has 7 aliphatic carbocycles. The van der Waals surface area contributed by atoms with Crippen LogP contribution in [0.25, 0.3) is 0 Å². The number of aromatic hydroxyl groups is 1. The average molecular weight is 647 g/mol. The van der Waals surface area contributed by atoms with Gasteiger partial charge in [0.15, 0.2) is 28.7 Å². The van der Waals surface area contributed by atoms with E-state index in [0.29, 0.717) is 23.3 Å². The fourth-order valence-electron chi connectivity index (χ4n) is 12.5. The third-order valence-electron chi connectivity index (χ3n) is 14.0. The Morgan fingerprint density at radius 1 is 0.957 bits per heavy atom. The van der Waals surface area contributed by atoms with E-state index in [1.54, 1.807) is 39.8 Å². The highest BCUT2D eigenvalue weighted by Crippen LogP contribution is 2.68. The van der Waals surface area contributed by atoms with Gasteiger partial charge in [-0.15, -0.1) is 0 Å². The SMILES string of the molecule is CC(=O)C1C(=O)C(C(C)C)[C@@]2(C)[C@H](OC(=O)CC34CC5CC(CC(C5)C3)C4)[C@]3(C)C(C(=O)c4c(O)cccc4[C@H]3C)C(=O)[C@@]2(O)C1=O. The van der Waals surface area contributed by atoms with Crippen molar-refractivity contribution in [2.75, 3.05) is 0 Å². The van der Waals surface area contributed by atoms with E-state index in [4.69, 9.17) is 4.74 Å². The normalized spacial score (nSPS) is 45.0. The molecule has 9 heteroatoms. The van der Waals surface area contributed by atoms with E-state index in [1.165, 1.54) is 32.3 Å². The molecule has 9 nitrogen and oxygen atoms in total. The molecule has 252 valence electrons. The Kier molecular flexibility index (Phi) is 6.99. The molecule has 8 atom stereocenters. The number of aliphatic hydroxyl groups is 1. The van der Waals surface area contributed by atoms with E-state index in [0.717, 1.165) is 26.2 Å². The van der Waals surface area contributed by atoms with Crippen molar-refractivity contribution in [3.05, 3.63) is 29.3 Å². The summed E-state index contributed by atoms with van der Waals surface area (Å²) in [6, 6.07) is 4.62. The van der Waals surface area contributed by atoms with Crippen LogP contribution in [-0.2, 0) is 28.7 Å². The maximum atomic E-state index is 14.9. The number of rotatable bonds is 5. The number of fused-ring (bicyclic) bond motifs is 3. The maximum Gasteiger partial charge on any atom is 0.306 e. The zero-order valence-corrected chi connectivity index (χ0v) is 28.1. The second-order valence-electron chi connectivity index (χ2n) is 17.0. The second-order valence-corrected chi connectivity index (χ2v) is 17.0. The number of carbonyl (C=O) groups is 6. The van der Waals surface area contributed by atoms with Crippen LogP contribution in [0.2, 0.25) is 0 Å². The van der Waals surface area contributed by atoms with E-state index < -0.39 is 87.0 Å². The number of phenolic OH excluding ortho intramolecular Hbond substituents is 1. The lowest BCUT2D eigenvalue weighted by atomic mass is 9.37. The first-order chi connectivity index (χ1) is 21.9. The van der Waals surface area contributed by atoms with E-state index in [-0.39, 0.29) is 23.1 Å². The van der Waals surface area contributed by atoms with Crippen LogP contribution in [-0.4, -0.2) is 56.8 Å². The number of hydrogen-bond acceptors (Lipinski definition) is 9. The lowest BCUT2D eigenvalue weighted by molar-refractivity contribution is -0.249. The number of ether oxygens (including phenoxy) is 1. The van der Waals surface area contributed by atoms with Crippen molar-refractivity contribution in [1.82, 2.24) is 0 Å². The van der Waals surface area contributed by atoms with Crippen LogP contribution in [0.3, 0.4) is 0 Å². The Morgan fingerprint density at radius 3 is 2.06 bits per heavy atom. The van der Waals surface area contributed by atoms with Gasteiger partial charge in [0.1, 0.15) is 23.6 Å². The van der Waals surface area contributed by atoms with E-state index >= 15 is 0 Å². The number of phenols is 1. The van der Waals surface area contributed by atoms with Crippen molar-refractivity contribution in [2.45, 2.75) is 104 Å². The predicted molar refractivity (Wildman–Crippen MR) is 168 cm³/mol. The van der Waals surface area contributed by atoms with Gasteiger partial charge in [0.25, 0.3) is 0 Å². The van der Waals surface area contributed by atoms with E-state index in [2.05, 4.69) is 0 Å². The molecule has 0 heterocycles. The molecule has 3 unspecified atom stereocenters. The summed E-state index contributed by atoms with van der Waals surface area (Å²) < 4.78 is 6.57. The molecular weight excluding hydrogens is 600 g/mol. The van der Waals surface area contributed by atoms with Crippen LogP contribution in [0, 0.1) is 57.7 Å². The Morgan fingerprint density at radius 2 is 1.53 bits per heavy atom. The Balaban J connectivity index is 1.42. The topological polar surface area (TPSA) is 152 Å². The molecule has 0 radical (unpaired) electrons. The minimum absolute atomic E-state index is 0.0791. The molecule has 1 aromatic rings. The highest BCUT2D eigenvalue weighted by Gasteiger charge is 2.82. The summed E-state index contributed by atoms with van der Waals surface area (Å²) in [5.74, 6) is -9.89. The lowest BCUT2D eigenvalue weighted by Gasteiger charge is -2.66. The van der Waals surface area contributed by atoms with Crippen molar-refractivity contribution < 1.29 is 43.7 Å². The number of Topliss-reactive ketones (excluding diaryl/α,β-unsaturated/α-hetero) is 5. The first-order valence-corrected chi connectivity index (χ1v) is 17.3. The highest BCUT2D eigenvalue weighted by atomic mass is 16.5. The molecule has 6 fully saturated rings. The number of ketones is 5. The quantitative estimate of drug-likeness (QED) is 0.340. The van der Waals surface area contributed by atoms with Crippen LogP contribution in [0.1, 0.15) is 108 Å². The number of esters is 1. The molecule has 7 aliphatic rings. The fourth-order valence-corrected chi connectivity index (χ4v) is 12.5. The predicted octanol–water partition coefficient (Wildman–Crippen LogP) is 4.78. The van der Waals surface area contributed by atoms with Crippen LogP contribution < -0.4 is 0 Å². The van der Waals surface area contributed by atoms with Crippen molar-refractivity contribution in [3.63, 3.8) is 0 Å². The molecule has 4 bridgehead atoms. The van der Waals surface area contributed by atoms with Gasteiger partial charge in [0.05, 0.1) is 23.3 Å². The summed E-state index contributed by atoms with van der Waals surface area (Å²) in [5, 5.41) is 23.5. The standard InChI is InChI=1S/C38H46O9/c1-17(2)28-30(42)26(19(4)39)32(44)38(46)33(45)29-31(43)27-23(8-7-9-24(27)40)18(3)35(29,5)34(36(28,38)6)47-25(41)16-37-13-20-10-21(14-37)12-22(11-20)15-37/h7-9,17-18,20-22,26,28-29,34,40,46H,10-16H2,1-6H3/t18-,20?,21?,22?,26?,28?,29?,34-,35+,36+,37?,38+/m1/s1. The van der Waals surface area contributed by atoms with Gasteiger partial charge in [-0.05, 0) is 92.1 Å². The minimum Gasteiger partial charge on any atom is -0.507 e. The van der Waals surface area contributed by atoms with Crippen LogP contribution in [0.4, 0.5) is 0 Å². The monoisotopic (exact) mass is 646 g/mol. The summed E-state index contributed by atoms with van der Waals surface area (Å²) in [5.41, 5.74) is -6.33. The van der Waals surface area contributed by atoms with Crippen molar-refractivity contribution in [1.29, 1.82) is 0 Å². The van der Waals surface area contributed by atoms with Crippen molar-refractivity contribution in [3.8, 4) is 5.75 Å². The number of hydrogen-bond donors (Lipinski definition) is 2. The summed E-state index contributed by atoms with van der Waals surface area (Å²) in [4.78, 5) is 85.0. The van der Waals surface area contributed by atoms with Gasteiger partial charge >= 0.3 is 5.97 Å². The zero-order valence-electron chi connectivity index (χ0n) is 28.1. The third-order valence-corrected chi connectivity index (χ3v) is 14.0. The van der Waals surface area contributed by atoms with Crippen molar-refractivity contribution in [2.24, 2.45) is 57.7 Å². The Bertz CT molecular complexity index is 1600. The maximum absolute atomic E-state index is 14.9. The minimum atomic E-state index is -2.99. The van der Waals surface area contributed by atoms with Gasteiger partial charge in [-0.2, -0.15) is 0 Å². The van der Waals surface area contributed by atoms with Gasteiger partial charge in [-0.1, -0.05) is 46.8 Å². The number of benzene rings is 1.